The third kappa shape index (κ3) is 4.22. The molecule has 0 aliphatic carbocycles. The molecular formula is C27H25N7O2. The Bertz CT molecular complexity index is 1600. The Morgan fingerprint density at radius 1 is 1.11 bits per heavy atom. The van der Waals surface area contributed by atoms with E-state index in [1.165, 1.54) is 5.57 Å². The van der Waals surface area contributed by atoms with E-state index in [4.69, 9.17) is 4.74 Å². The van der Waals surface area contributed by atoms with Crippen molar-refractivity contribution in [2.75, 3.05) is 30.8 Å². The smallest absolute Gasteiger partial charge is 0.322 e. The van der Waals surface area contributed by atoms with Crippen molar-refractivity contribution in [1.82, 2.24) is 25.1 Å². The molecule has 4 N–H and O–H groups in total. The van der Waals surface area contributed by atoms with Crippen LogP contribution in [0.3, 0.4) is 0 Å². The van der Waals surface area contributed by atoms with Crippen LogP contribution in [0, 0.1) is 0 Å². The molecule has 9 heteroatoms. The van der Waals surface area contributed by atoms with Crippen molar-refractivity contribution in [3.05, 3.63) is 78.8 Å². The number of pyridine rings is 1. The van der Waals surface area contributed by atoms with Crippen LogP contribution in [0.5, 0.6) is 5.75 Å². The number of H-pyrrole nitrogens is 2. The van der Waals surface area contributed by atoms with Gasteiger partial charge in [0.1, 0.15) is 11.4 Å². The number of rotatable bonds is 5. The summed E-state index contributed by atoms with van der Waals surface area (Å²) in [4.78, 5) is 22.5. The van der Waals surface area contributed by atoms with Gasteiger partial charge in [0.2, 0.25) is 0 Å². The van der Waals surface area contributed by atoms with Crippen LogP contribution in [-0.4, -0.2) is 51.3 Å². The summed E-state index contributed by atoms with van der Waals surface area (Å²) in [5, 5.41) is 15.6. The van der Waals surface area contributed by atoms with Crippen molar-refractivity contribution >= 4 is 50.6 Å². The monoisotopic (exact) mass is 479 g/mol. The highest BCUT2D eigenvalue weighted by molar-refractivity contribution is 5.95. The number of ether oxygens (including phenoxy) is 1. The maximum Gasteiger partial charge on any atom is 0.322 e. The molecule has 0 saturated carbocycles. The van der Waals surface area contributed by atoms with E-state index in [-0.39, 0.29) is 6.03 Å². The first-order valence-corrected chi connectivity index (χ1v) is 11.7. The molecule has 0 spiro atoms. The highest BCUT2D eigenvalue weighted by atomic mass is 16.5. The summed E-state index contributed by atoms with van der Waals surface area (Å²) in [7, 11) is 1.61. The van der Waals surface area contributed by atoms with Crippen LogP contribution in [0.25, 0.3) is 27.5 Å². The molecule has 6 rings (SSSR count). The summed E-state index contributed by atoms with van der Waals surface area (Å²) in [6.07, 6.45) is 6.45. The van der Waals surface area contributed by atoms with Crippen LogP contribution in [0.2, 0.25) is 0 Å². The zero-order chi connectivity index (χ0) is 24.5. The molecular weight excluding hydrogens is 454 g/mol. The lowest BCUT2D eigenvalue weighted by atomic mass is 10.0. The Kier molecular flexibility index (Phi) is 5.49. The molecule has 36 heavy (non-hydrogen) atoms. The van der Waals surface area contributed by atoms with Gasteiger partial charge in [0, 0.05) is 53.2 Å². The van der Waals surface area contributed by atoms with Gasteiger partial charge in [-0.05, 0) is 54.5 Å². The molecule has 180 valence electrons. The summed E-state index contributed by atoms with van der Waals surface area (Å²) >= 11 is 0. The van der Waals surface area contributed by atoms with E-state index in [9.17, 15) is 4.79 Å². The molecule has 0 radical (unpaired) electrons. The van der Waals surface area contributed by atoms with Gasteiger partial charge in [0.15, 0.2) is 0 Å². The van der Waals surface area contributed by atoms with Gasteiger partial charge in [0.05, 0.1) is 24.5 Å². The van der Waals surface area contributed by atoms with Gasteiger partial charge < -0.3 is 25.3 Å². The fourth-order valence-corrected chi connectivity index (χ4v) is 4.49. The van der Waals surface area contributed by atoms with Crippen molar-refractivity contribution in [1.29, 1.82) is 0 Å². The summed E-state index contributed by atoms with van der Waals surface area (Å²) in [6.45, 7) is 1.16. The minimum absolute atomic E-state index is 0.127. The molecule has 2 amide bonds. The van der Waals surface area contributed by atoms with Crippen LogP contribution in [0.4, 0.5) is 21.9 Å². The maximum absolute atomic E-state index is 12.7. The minimum atomic E-state index is -0.127. The molecule has 1 aliphatic heterocycles. The first-order chi connectivity index (χ1) is 17.7. The number of hydrogen-bond donors (Lipinski definition) is 4. The van der Waals surface area contributed by atoms with Crippen LogP contribution >= 0.6 is 0 Å². The average molecular weight is 480 g/mol. The largest absolute Gasteiger partial charge is 0.497 e. The zero-order valence-corrected chi connectivity index (χ0v) is 19.7. The molecule has 3 aromatic heterocycles. The number of urea groups is 1. The lowest BCUT2D eigenvalue weighted by molar-refractivity contribution is 0.217. The highest BCUT2D eigenvalue weighted by Gasteiger charge is 2.20. The predicted octanol–water partition coefficient (Wildman–Crippen LogP) is 5.51. The van der Waals surface area contributed by atoms with Gasteiger partial charge >= 0.3 is 6.03 Å². The number of anilines is 3. The van der Waals surface area contributed by atoms with Crippen molar-refractivity contribution in [3.63, 3.8) is 0 Å². The number of fused-ring (bicyclic) bond motifs is 2. The van der Waals surface area contributed by atoms with E-state index in [1.54, 1.807) is 24.3 Å². The number of hydrogen-bond acceptors (Lipinski definition) is 5. The Hall–Kier alpha value is -4.79. The molecule has 0 saturated heterocycles. The lowest BCUT2D eigenvalue weighted by Crippen LogP contribution is -2.37. The minimum Gasteiger partial charge on any atom is -0.497 e. The topological polar surface area (TPSA) is 111 Å². The summed E-state index contributed by atoms with van der Waals surface area (Å²) in [6, 6.07) is 17.4. The fraction of sp³-hybridized carbons (Fsp3) is 0.148. The second kappa shape index (κ2) is 9.10. The van der Waals surface area contributed by atoms with E-state index in [1.807, 2.05) is 42.6 Å². The number of nitrogens with one attached hydrogen (secondary N) is 4. The van der Waals surface area contributed by atoms with Gasteiger partial charge in [-0.15, -0.1) is 0 Å². The molecule has 0 fully saturated rings. The van der Waals surface area contributed by atoms with Crippen LogP contribution < -0.4 is 15.4 Å². The maximum atomic E-state index is 12.7. The standard InChI is InChI=1S/C27H25N7O2/c1-36-21-4-2-3-19(14-21)31-27(35)34-11-8-17(9-12-34)25-15-22-24(7-10-28-26(22)32-25)30-20-5-6-23-18(13-20)16-29-33-23/h2-8,10,13-16H,9,11-12H2,1H3,(H,29,33)(H,31,35)(H2,28,30,32). The van der Waals surface area contributed by atoms with Crippen molar-refractivity contribution < 1.29 is 9.53 Å². The Labute approximate surface area is 207 Å². The number of carbonyl (C=O) groups excluding carboxylic acids is 1. The van der Waals surface area contributed by atoms with E-state index >= 15 is 0 Å². The van der Waals surface area contributed by atoms with Crippen LogP contribution in [0.1, 0.15) is 12.1 Å². The van der Waals surface area contributed by atoms with Crippen LogP contribution in [-0.2, 0) is 0 Å². The number of carbonyl (C=O) groups is 1. The molecule has 5 aromatic rings. The van der Waals surface area contributed by atoms with E-state index < -0.39 is 0 Å². The fourth-order valence-electron chi connectivity index (χ4n) is 4.49. The number of aromatic amines is 2. The zero-order valence-electron chi connectivity index (χ0n) is 19.7. The van der Waals surface area contributed by atoms with Gasteiger partial charge in [-0.2, -0.15) is 5.10 Å². The molecule has 0 bridgehead atoms. The van der Waals surface area contributed by atoms with Crippen molar-refractivity contribution in [2.45, 2.75) is 6.42 Å². The highest BCUT2D eigenvalue weighted by Crippen LogP contribution is 2.31. The average Bonchev–Trinajstić information content (AvgIpc) is 3.56. The summed E-state index contributed by atoms with van der Waals surface area (Å²) < 4.78 is 5.23. The molecule has 4 heterocycles. The normalized spacial score (nSPS) is 13.6. The van der Waals surface area contributed by atoms with E-state index in [2.05, 4.69) is 49.0 Å². The van der Waals surface area contributed by atoms with Gasteiger partial charge in [-0.25, -0.2) is 9.78 Å². The first-order valence-electron chi connectivity index (χ1n) is 11.7. The van der Waals surface area contributed by atoms with E-state index in [0.29, 0.717) is 24.5 Å². The molecule has 1 aliphatic rings. The second-order valence-corrected chi connectivity index (χ2v) is 8.69. The SMILES string of the molecule is COc1cccc(NC(=O)N2CC=C(c3cc4c(Nc5ccc6[nH]ncc6c5)ccnc4[nH]3)CC2)c1. The Morgan fingerprint density at radius 3 is 2.92 bits per heavy atom. The second-order valence-electron chi connectivity index (χ2n) is 8.69. The number of methoxy groups -OCH3 is 1. The van der Waals surface area contributed by atoms with Gasteiger partial charge in [-0.1, -0.05) is 12.1 Å². The van der Waals surface area contributed by atoms with Crippen molar-refractivity contribution in [2.24, 2.45) is 0 Å². The molecule has 0 unspecified atom stereocenters. The molecule has 0 atom stereocenters. The summed E-state index contributed by atoms with van der Waals surface area (Å²) in [5.74, 6) is 0.705. The third-order valence-corrected chi connectivity index (χ3v) is 6.41. The Balaban J connectivity index is 1.18. The summed E-state index contributed by atoms with van der Waals surface area (Å²) in [5.41, 5.74) is 6.67. The quantitative estimate of drug-likeness (QED) is 0.266. The third-order valence-electron chi connectivity index (χ3n) is 6.41. The van der Waals surface area contributed by atoms with Gasteiger partial charge in [-0.3, -0.25) is 5.10 Å². The number of benzene rings is 2. The van der Waals surface area contributed by atoms with Gasteiger partial charge in [0.25, 0.3) is 0 Å². The Morgan fingerprint density at radius 2 is 2.06 bits per heavy atom. The number of nitrogens with zero attached hydrogens (tertiary/aromatic N) is 3. The lowest BCUT2D eigenvalue weighted by Gasteiger charge is -2.26. The number of aromatic nitrogens is 4. The van der Waals surface area contributed by atoms with E-state index in [0.717, 1.165) is 45.4 Å². The molecule has 9 nitrogen and oxygen atoms in total. The molecule has 2 aromatic carbocycles. The first kappa shape index (κ1) is 21.7. The van der Waals surface area contributed by atoms with Crippen molar-refractivity contribution in [3.8, 4) is 5.75 Å². The van der Waals surface area contributed by atoms with Crippen LogP contribution in [0.15, 0.2) is 73.1 Å². The number of amides is 2. The predicted molar refractivity (Wildman–Crippen MR) is 142 cm³/mol.